The van der Waals surface area contributed by atoms with Gasteiger partial charge in [-0.05, 0) is 24.6 Å². The molecule has 0 aromatic heterocycles. The zero-order chi connectivity index (χ0) is 16.0. The van der Waals surface area contributed by atoms with Crippen LogP contribution in [0.5, 0.6) is 0 Å². The largest absolute Gasteiger partial charge is 0.350 e. The molecule has 1 spiro atoms. The zero-order valence-corrected chi connectivity index (χ0v) is 12.8. The van der Waals surface area contributed by atoms with Gasteiger partial charge < -0.3 is 15.5 Å². The molecule has 0 saturated carbocycles. The summed E-state index contributed by atoms with van der Waals surface area (Å²) in [5.41, 5.74) is 1.67. The van der Waals surface area contributed by atoms with Gasteiger partial charge >= 0.3 is 0 Å². The number of hydrogen-bond donors (Lipinski definition) is 2. The van der Waals surface area contributed by atoms with Gasteiger partial charge in [0.2, 0.25) is 5.66 Å². The van der Waals surface area contributed by atoms with Crippen molar-refractivity contribution in [2.45, 2.75) is 19.0 Å². The molecule has 0 unspecified atom stereocenters. The van der Waals surface area contributed by atoms with E-state index in [2.05, 4.69) is 10.6 Å². The van der Waals surface area contributed by atoms with E-state index in [1.165, 1.54) is 0 Å². The molecule has 5 nitrogen and oxygen atoms in total. The van der Waals surface area contributed by atoms with Gasteiger partial charge in [0, 0.05) is 17.8 Å². The summed E-state index contributed by atoms with van der Waals surface area (Å²) in [6, 6.07) is 14.9. The number of para-hydroxylation sites is 2. The number of carbonyl (C=O) groups excluding carboxylic acids is 2. The number of hydrogen-bond acceptors (Lipinski definition) is 3. The number of amides is 2. The van der Waals surface area contributed by atoms with Gasteiger partial charge in [0.05, 0.1) is 11.3 Å². The fourth-order valence-corrected chi connectivity index (χ4v) is 3.40. The van der Waals surface area contributed by atoms with Gasteiger partial charge in [-0.15, -0.1) is 0 Å². The maximum absolute atomic E-state index is 13.1. The van der Waals surface area contributed by atoms with Crippen LogP contribution >= 0.6 is 0 Å². The van der Waals surface area contributed by atoms with Crippen molar-refractivity contribution in [2.24, 2.45) is 0 Å². The molecule has 2 aromatic carbocycles. The van der Waals surface area contributed by atoms with E-state index in [0.29, 0.717) is 17.8 Å². The summed E-state index contributed by atoms with van der Waals surface area (Å²) in [6.45, 7) is 2.65. The van der Waals surface area contributed by atoms with Gasteiger partial charge in [0.1, 0.15) is 0 Å². The van der Waals surface area contributed by atoms with Crippen LogP contribution in [0.1, 0.15) is 29.3 Å². The first-order valence-electron chi connectivity index (χ1n) is 7.78. The third-order valence-electron chi connectivity index (χ3n) is 4.41. The molecule has 2 heterocycles. The van der Waals surface area contributed by atoms with Gasteiger partial charge in [-0.25, -0.2) is 0 Å². The maximum atomic E-state index is 13.1. The maximum Gasteiger partial charge on any atom is 0.278 e. The summed E-state index contributed by atoms with van der Waals surface area (Å²) in [6.07, 6.45) is 0.848. The smallest absolute Gasteiger partial charge is 0.278 e. The molecule has 2 N–H and O–H groups in total. The monoisotopic (exact) mass is 307 g/mol. The molecule has 2 aromatic rings. The van der Waals surface area contributed by atoms with Gasteiger partial charge in [-0.2, -0.15) is 0 Å². The highest BCUT2D eigenvalue weighted by Gasteiger charge is 2.54. The second kappa shape index (κ2) is 4.84. The van der Waals surface area contributed by atoms with E-state index >= 15 is 0 Å². The average molecular weight is 307 g/mol. The van der Waals surface area contributed by atoms with E-state index in [9.17, 15) is 9.59 Å². The minimum absolute atomic E-state index is 0.136. The lowest BCUT2D eigenvalue weighted by molar-refractivity contribution is -0.123. The van der Waals surface area contributed by atoms with Crippen molar-refractivity contribution in [2.75, 3.05) is 16.8 Å². The SMILES string of the molecule is CCCN1C(=O)[C@@]2(NC(=O)c3ccccc3N2)c2ccccc21. The van der Waals surface area contributed by atoms with E-state index in [1.54, 1.807) is 11.0 Å². The molecule has 1 atom stereocenters. The van der Waals surface area contributed by atoms with Crippen LogP contribution < -0.4 is 15.5 Å². The van der Waals surface area contributed by atoms with Crippen molar-refractivity contribution in [3.63, 3.8) is 0 Å². The summed E-state index contributed by atoms with van der Waals surface area (Å²) in [7, 11) is 0. The Morgan fingerprint density at radius 3 is 2.57 bits per heavy atom. The Morgan fingerprint density at radius 1 is 1.00 bits per heavy atom. The molecule has 0 fully saturated rings. The molecule has 0 radical (unpaired) electrons. The molecule has 5 heteroatoms. The normalized spacial score (nSPS) is 21.7. The number of anilines is 2. The fraction of sp³-hybridized carbons (Fsp3) is 0.222. The van der Waals surface area contributed by atoms with Crippen LogP contribution in [0.15, 0.2) is 48.5 Å². The Hall–Kier alpha value is -2.82. The second-order valence-corrected chi connectivity index (χ2v) is 5.85. The predicted octanol–water partition coefficient (Wildman–Crippen LogP) is 2.45. The predicted molar refractivity (Wildman–Crippen MR) is 88.3 cm³/mol. The molecule has 116 valence electrons. The van der Waals surface area contributed by atoms with Crippen LogP contribution in [0.3, 0.4) is 0 Å². The lowest BCUT2D eigenvalue weighted by Gasteiger charge is -2.36. The van der Waals surface area contributed by atoms with Crippen molar-refractivity contribution in [3.05, 3.63) is 59.7 Å². The summed E-state index contributed by atoms with van der Waals surface area (Å²) >= 11 is 0. The summed E-state index contributed by atoms with van der Waals surface area (Å²) in [5.74, 6) is -0.371. The minimum atomic E-state index is -1.21. The number of fused-ring (bicyclic) bond motifs is 3. The number of carbonyl (C=O) groups is 2. The molecule has 0 saturated heterocycles. The van der Waals surface area contributed by atoms with E-state index in [0.717, 1.165) is 17.7 Å². The molecular formula is C18H17N3O2. The van der Waals surface area contributed by atoms with Crippen LogP contribution in [-0.4, -0.2) is 18.4 Å². The summed E-state index contributed by atoms with van der Waals surface area (Å²) < 4.78 is 0. The van der Waals surface area contributed by atoms with E-state index < -0.39 is 5.66 Å². The third kappa shape index (κ3) is 1.79. The van der Waals surface area contributed by atoms with Crippen LogP contribution in [0.25, 0.3) is 0 Å². The molecule has 0 bridgehead atoms. The molecular weight excluding hydrogens is 290 g/mol. The summed E-state index contributed by atoms with van der Waals surface area (Å²) in [5, 5.41) is 6.17. The highest BCUT2D eigenvalue weighted by molar-refractivity contribution is 6.15. The topological polar surface area (TPSA) is 61.4 Å². The molecule has 2 aliphatic rings. The Labute approximate surface area is 134 Å². The molecule has 2 amide bonds. The van der Waals surface area contributed by atoms with Crippen molar-refractivity contribution < 1.29 is 9.59 Å². The molecule has 0 aliphatic carbocycles. The minimum Gasteiger partial charge on any atom is -0.350 e. The molecule has 2 aliphatic heterocycles. The standard InChI is InChI=1S/C18H17N3O2/c1-2-11-21-15-10-6-4-8-13(15)18(17(21)23)19-14-9-5-3-7-12(14)16(22)20-18/h3-10,19H,2,11H2,1H3,(H,20,22)/t18-/m0/s1. The quantitative estimate of drug-likeness (QED) is 0.896. The van der Waals surface area contributed by atoms with Crippen LogP contribution in [0.4, 0.5) is 11.4 Å². The third-order valence-corrected chi connectivity index (χ3v) is 4.41. The molecule has 4 rings (SSSR count). The van der Waals surface area contributed by atoms with Crippen molar-refractivity contribution in [1.29, 1.82) is 0 Å². The van der Waals surface area contributed by atoms with Crippen molar-refractivity contribution in [3.8, 4) is 0 Å². The first-order valence-corrected chi connectivity index (χ1v) is 7.78. The lowest BCUT2D eigenvalue weighted by atomic mass is 9.96. The fourth-order valence-electron chi connectivity index (χ4n) is 3.40. The van der Waals surface area contributed by atoms with Gasteiger partial charge in [-0.3, -0.25) is 9.59 Å². The Morgan fingerprint density at radius 2 is 1.74 bits per heavy atom. The summed E-state index contributed by atoms with van der Waals surface area (Å²) in [4.78, 5) is 27.4. The van der Waals surface area contributed by atoms with Gasteiger partial charge in [0.25, 0.3) is 11.8 Å². The van der Waals surface area contributed by atoms with Crippen LogP contribution in [-0.2, 0) is 10.5 Å². The van der Waals surface area contributed by atoms with Crippen LogP contribution in [0.2, 0.25) is 0 Å². The highest BCUT2D eigenvalue weighted by Crippen LogP contribution is 2.43. The Bertz CT molecular complexity index is 817. The molecule has 23 heavy (non-hydrogen) atoms. The number of benzene rings is 2. The van der Waals surface area contributed by atoms with Crippen molar-refractivity contribution >= 4 is 23.2 Å². The Kier molecular flexibility index (Phi) is 2.91. The van der Waals surface area contributed by atoms with Gasteiger partial charge in [0.15, 0.2) is 0 Å². The highest BCUT2D eigenvalue weighted by atomic mass is 16.2. The number of nitrogens with one attached hydrogen (secondary N) is 2. The average Bonchev–Trinajstić information content (AvgIpc) is 2.78. The van der Waals surface area contributed by atoms with Gasteiger partial charge in [-0.1, -0.05) is 37.3 Å². The Balaban J connectivity index is 1.89. The van der Waals surface area contributed by atoms with E-state index in [1.807, 2.05) is 49.4 Å². The zero-order valence-electron chi connectivity index (χ0n) is 12.8. The van der Waals surface area contributed by atoms with E-state index in [4.69, 9.17) is 0 Å². The van der Waals surface area contributed by atoms with E-state index in [-0.39, 0.29) is 11.8 Å². The van der Waals surface area contributed by atoms with Crippen molar-refractivity contribution in [1.82, 2.24) is 5.32 Å². The number of nitrogens with zero attached hydrogens (tertiary/aromatic N) is 1. The number of rotatable bonds is 2. The van der Waals surface area contributed by atoms with Crippen LogP contribution in [0, 0.1) is 0 Å². The second-order valence-electron chi connectivity index (χ2n) is 5.85. The lowest BCUT2D eigenvalue weighted by Crippen LogP contribution is -2.60. The first kappa shape index (κ1) is 13.8. The first-order chi connectivity index (χ1) is 11.2.